The average Bonchev–Trinajstić information content (AvgIpc) is 3.13. The minimum Gasteiger partial charge on any atom is -0.493 e. The first kappa shape index (κ1) is 21.4. The molecule has 0 saturated carbocycles. The first-order chi connectivity index (χ1) is 13.6. The maximum Gasteiger partial charge on any atom is 0.203 e. The summed E-state index contributed by atoms with van der Waals surface area (Å²) in [7, 11) is 6.74. The average molecular weight is 390 g/mol. The lowest BCUT2D eigenvalue weighted by atomic mass is 10.2. The molecule has 0 saturated heterocycles. The molecule has 0 unspecified atom stereocenters. The molecule has 1 aromatic carbocycles. The Balaban J connectivity index is 1.97. The number of aryl methyl sites for hydroxylation is 2. The van der Waals surface area contributed by atoms with Crippen molar-refractivity contribution in [2.75, 3.05) is 34.4 Å². The van der Waals surface area contributed by atoms with Gasteiger partial charge in [0, 0.05) is 26.3 Å². The topological polar surface area (TPSA) is 81.9 Å². The van der Waals surface area contributed by atoms with Crippen LogP contribution in [0.4, 0.5) is 0 Å². The van der Waals surface area contributed by atoms with E-state index in [0.29, 0.717) is 23.8 Å². The van der Waals surface area contributed by atoms with Crippen molar-refractivity contribution in [2.45, 2.75) is 26.3 Å². The number of aliphatic imine (C=N–C) groups is 1. The maximum absolute atomic E-state index is 5.41. The molecule has 0 atom stereocenters. The molecule has 2 rings (SSSR count). The summed E-state index contributed by atoms with van der Waals surface area (Å²) in [6.45, 7) is 4.17. The van der Waals surface area contributed by atoms with Crippen LogP contribution in [0.2, 0.25) is 0 Å². The highest BCUT2D eigenvalue weighted by atomic mass is 16.5. The van der Waals surface area contributed by atoms with E-state index in [-0.39, 0.29) is 0 Å². The van der Waals surface area contributed by atoms with Gasteiger partial charge in [-0.1, -0.05) is 0 Å². The molecule has 8 heteroatoms. The summed E-state index contributed by atoms with van der Waals surface area (Å²) in [5.41, 5.74) is 2.21. The standard InChI is InChI=1S/C20H31N5O3/c1-6-21-20(22-9-7-8-15-13-24-25(2)14-15)23-12-16-10-17(26-3)19(28-5)18(11-16)27-4/h10-11,13-14H,6-9,12H2,1-5H3,(H2,21,22,23). The Morgan fingerprint density at radius 1 is 1.07 bits per heavy atom. The van der Waals surface area contributed by atoms with Gasteiger partial charge in [-0.05, 0) is 43.0 Å². The minimum absolute atomic E-state index is 0.495. The van der Waals surface area contributed by atoms with Crippen LogP contribution in [-0.4, -0.2) is 50.2 Å². The Morgan fingerprint density at radius 2 is 1.79 bits per heavy atom. The van der Waals surface area contributed by atoms with Gasteiger partial charge in [0.25, 0.3) is 0 Å². The van der Waals surface area contributed by atoms with E-state index in [1.165, 1.54) is 5.56 Å². The predicted molar refractivity (Wildman–Crippen MR) is 110 cm³/mol. The van der Waals surface area contributed by atoms with E-state index in [9.17, 15) is 0 Å². The van der Waals surface area contributed by atoms with Crippen molar-refractivity contribution >= 4 is 5.96 Å². The molecule has 2 N–H and O–H groups in total. The number of hydrogen-bond acceptors (Lipinski definition) is 5. The van der Waals surface area contributed by atoms with Gasteiger partial charge >= 0.3 is 0 Å². The second-order valence-electron chi connectivity index (χ2n) is 6.28. The van der Waals surface area contributed by atoms with Crippen molar-refractivity contribution in [1.82, 2.24) is 20.4 Å². The highest BCUT2D eigenvalue weighted by Crippen LogP contribution is 2.38. The third kappa shape index (κ3) is 6.07. The molecule has 28 heavy (non-hydrogen) atoms. The largest absolute Gasteiger partial charge is 0.493 e. The summed E-state index contributed by atoms with van der Waals surface area (Å²) in [4.78, 5) is 4.66. The summed E-state index contributed by atoms with van der Waals surface area (Å²) in [5, 5.41) is 10.8. The Hall–Kier alpha value is -2.90. The number of ether oxygens (including phenoxy) is 3. The normalized spacial score (nSPS) is 11.2. The van der Waals surface area contributed by atoms with Gasteiger partial charge in [0.05, 0.1) is 34.1 Å². The summed E-state index contributed by atoms with van der Waals surface area (Å²) in [6, 6.07) is 3.83. The lowest BCUT2D eigenvalue weighted by molar-refractivity contribution is 0.324. The van der Waals surface area contributed by atoms with Gasteiger partial charge in [-0.2, -0.15) is 5.10 Å². The molecule has 8 nitrogen and oxygen atoms in total. The van der Waals surface area contributed by atoms with Crippen LogP contribution < -0.4 is 24.8 Å². The van der Waals surface area contributed by atoms with E-state index in [1.807, 2.05) is 43.2 Å². The fraction of sp³-hybridized carbons (Fsp3) is 0.500. The molecule has 0 bridgehead atoms. The maximum atomic E-state index is 5.41. The predicted octanol–water partition coefficient (Wildman–Crippen LogP) is 2.13. The summed E-state index contributed by atoms with van der Waals surface area (Å²) < 4.78 is 18.0. The summed E-state index contributed by atoms with van der Waals surface area (Å²) in [5.74, 6) is 2.61. The molecular weight excluding hydrogens is 358 g/mol. The Morgan fingerprint density at radius 3 is 2.32 bits per heavy atom. The van der Waals surface area contributed by atoms with Gasteiger partial charge < -0.3 is 24.8 Å². The SMILES string of the molecule is CCNC(=NCc1cc(OC)c(OC)c(OC)c1)NCCCc1cnn(C)c1. The molecule has 0 aliphatic rings. The van der Waals surface area contributed by atoms with Gasteiger partial charge in [0.2, 0.25) is 5.75 Å². The first-order valence-electron chi connectivity index (χ1n) is 9.39. The first-order valence-corrected chi connectivity index (χ1v) is 9.39. The van der Waals surface area contributed by atoms with Crippen molar-refractivity contribution in [2.24, 2.45) is 12.0 Å². The van der Waals surface area contributed by atoms with Crippen molar-refractivity contribution < 1.29 is 14.2 Å². The monoisotopic (exact) mass is 389 g/mol. The molecule has 2 aromatic rings. The van der Waals surface area contributed by atoms with Crippen molar-refractivity contribution in [1.29, 1.82) is 0 Å². The number of aromatic nitrogens is 2. The molecule has 1 heterocycles. The van der Waals surface area contributed by atoms with Crippen LogP contribution in [0.25, 0.3) is 0 Å². The zero-order valence-corrected chi connectivity index (χ0v) is 17.4. The number of benzene rings is 1. The van der Waals surface area contributed by atoms with E-state index in [2.05, 4.69) is 20.7 Å². The molecule has 0 aliphatic carbocycles. The van der Waals surface area contributed by atoms with E-state index in [0.717, 1.165) is 37.5 Å². The molecule has 0 fully saturated rings. The Kier molecular flexibility index (Phi) is 8.45. The molecule has 154 valence electrons. The van der Waals surface area contributed by atoms with Crippen LogP contribution in [0.3, 0.4) is 0 Å². The third-order valence-corrected chi connectivity index (χ3v) is 4.18. The van der Waals surface area contributed by atoms with E-state index in [1.54, 1.807) is 21.3 Å². The fourth-order valence-corrected chi connectivity index (χ4v) is 2.84. The Labute approximate surface area is 166 Å². The number of nitrogens with zero attached hydrogens (tertiary/aromatic N) is 3. The van der Waals surface area contributed by atoms with Crippen LogP contribution in [-0.2, 0) is 20.0 Å². The number of nitrogens with one attached hydrogen (secondary N) is 2. The van der Waals surface area contributed by atoms with Crippen molar-refractivity contribution in [3.63, 3.8) is 0 Å². The van der Waals surface area contributed by atoms with Crippen LogP contribution >= 0.6 is 0 Å². The summed E-state index contributed by atoms with van der Waals surface area (Å²) >= 11 is 0. The van der Waals surface area contributed by atoms with Crippen molar-refractivity contribution in [3.8, 4) is 17.2 Å². The van der Waals surface area contributed by atoms with Gasteiger partial charge in [-0.15, -0.1) is 0 Å². The molecule has 0 spiro atoms. The van der Waals surface area contributed by atoms with Crippen LogP contribution in [0.15, 0.2) is 29.5 Å². The zero-order chi connectivity index (χ0) is 20.4. The lowest BCUT2D eigenvalue weighted by Crippen LogP contribution is -2.37. The third-order valence-electron chi connectivity index (χ3n) is 4.18. The second-order valence-corrected chi connectivity index (χ2v) is 6.28. The quantitative estimate of drug-likeness (QED) is 0.368. The van der Waals surface area contributed by atoms with Crippen LogP contribution in [0.5, 0.6) is 17.2 Å². The van der Waals surface area contributed by atoms with E-state index >= 15 is 0 Å². The molecule has 0 aliphatic heterocycles. The second kappa shape index (κ2) is 11.1. The summed E-state index contributed by atoms with van der Waals surface area (Å²) in [6.07, 6.45) is 5.93. The highest BCUT2D eigenvalue weighted by molar-refractivity contribution is 5.79. The van der Waals surface area contributed by atoms with Gasteiger partial charge in [-0.25, -0.2) is 4.99 Å². The zero-order valence-electron chi connectivity index (χ0n) is 17.4. The van der Waals surface area contributed by atoms with Crippen molar-refractivity contribution in [3.05, 3.63) is 35.7 Å². The fourth-order valence-electron chi connectivity index (χ4n) is 2.84. The molecule has 1 aromatic heterocycles. The number of rotatable bonds is 10. The Bertz CT molecular complexity index is 748. The smallest absolute Gasteiger partial charge is 0.203 e. The van der Waals surface area contributed by atoms with E-state index < -0.39 is 0 Å². The number of guanidine groups is 1. The lowest BCUT2D eigenvalue weighted by Gasteiger charge is -2.14. The van der Waals surface area contributed by atoms with Crippen LogP contribution in [0.1, 0.15) is 24.5 Å². The molecular formula is C20H31N5O3. The van der Waals surface area contributed by atoms with Gasteiger partial charge in [-0.3, -0.25) is 4.68 Å². The van der Waals surface area contributed by atoms with E-state index in [4.69, 9.17) is 14.2 Å². The molecule has 0 radical (unpaired) electrons. The van der Waals surface area contributed by atoms with Crippen LogP contribution in [0, 0.1) is 0 Å². The van der Waals surface area contributed by atoms with Gasteiger partial charge in [0.15, 0.2) is 17.5 Å². The molecule has 0 amide bonds. The number of methoxy groups -OCH3 is 3. The van der Waals surface area contributed by atoms with Gasteiger partial charge in [0.1, 0.15) is 0 Å². The highest BCUT2D eigenvalue weighted by Gasteiger charge is 2.13. The minimum atomic E-state index is 0.495. The number of hydrogen-bond donors (Lipinski definition) is 2.